The Bertz CT molecular complexity index is 427. The molecule has 2 heterocycles. The third-order valence-electron chi connectivity index (χ3n) is 2.84. The first-order valence-electron chi connectivity index (χ1n) is 6.38. The zero-order chi connectivity index (χ0) is 13.5. The van der Waals surface area contributed by atoms with Gasteiger partial charge >= 0.3 is 0 Å². The molecule has 1 fully saturated rings. The first-order chi connectivity index (χ1) is 9.29. The molecule has 102 valence electrons. The molecule has 1 aliphatic heterocycles. The first kappa shape index (κ1) is 13.5. The number of anilines is 1. The summed E-state index contributed by atoms with van der Waals surface area (Å²) in [6.07, 6.45) is 3.91. The Morgan fingerprint density at radius 1 is 1.53 bits per heavy atom. The maximum atomic E-state index is 11.8. The smallest absolute Gasteiger partial charge is 0.271 e. The van der Waals surface area contributed by atoms with Crippen molar-refractivity contribution in [3.8, 4) is 0 Å². The molecule has 1 saturated heterocycles. The molecule has 0 radical (unpaired) electrons. The SMILES string of the molecule is C=CCNc1ccc(C(=O)NCC2CCCO2)nn1. The summed E-state index contributed by atoms with van der Waals surface area (Å²) in [5.41, 5.74) is 0.308. The van der Waals surface area contributed by atoms with E-state index in [1.165, 1.54) is 0 Å². The fourth-order valence-electron chi connectivity index (χ4n) is 1.83. The lowest BCUT2D eigenvalue weighted by atomic mass is 10.2. The highest BCUT2D eigenvalue weighted by Gasteiger charge is 2.17. The van der Waals surface area contributed by atoms with Gasteiger partial charge in [0.15, 0.2) is 5.69 Å². The number of carbonyl (C=O) groups is 1. The summed E-state index contributed by atoms with van der Waals surface area (Å²) in [7, 11) is 0. The lowest BCUT2D eigenvalue weighted by molar-refractivity contribution is 0.0853. The lowest BCUT2D eigenvalue weighted by Gasteiger charge is -2.10. The largest absolute Gasteiger partial charge is 0.376 e. The summed E-state index contributed by atoms with van der Waals surface area (Å²) >= 11 is 0. The topological polar surface area (TPSA) is 76.1 Å². The average molecular weight is 262 g/mol. The van der Waals surface area contributed by atoms with Gasteiger partial charge in [-0.1, -0.05) is 6.08 Å². The quantitative estimate of drug-likeness (QED) is 0.747. The molecular formula is C13H18N4O2. The van der Waals surface area contributed by atoms with Crippen molar-refractivity contribution in [2.75, 3.05) is 25.0 Å². The van der Waals surface area contributed by atoms with Crippen LogP contribution in [0.1, 0.15) is 23.3 Å². The third-order valence-corrected chi connectivity index (χ3v) is 2.84. The molecule has 0 aliphatic carbocycles. The van der Waals surface area contributed by atoms with Crippen LogP contribution in [0, 0.1) is 0 Å². The van der Waals surface area contributed by atoms with Crippen LogP contribution in [-0.2, 0) is 4.74 Å². The van der Waals surface area contributed by atoms with Crippen LogP contribution in [0.15, 0.2) is 24.8 Å². The van der Waals surface area contributed by atoms with Gasteiger partial charge in [0.2, 0.25) is 0 Å². The predicted molar refractivity (Wildman–Crippen MR) is 72.0 cm³/mol. The molecule has 1 unspecified atom stereocenters. The molecule has 0 saturated carbocycles. The second kappa shape index (κ2) is 6.84. The fourth-order valence-corrected chi connectivity index (χ4v) is 1.83. The lowest BCUT2D eigenvalue weighted by Crippen LogP contribution is -2.32. The highest BCUT2D eigenvalue weighted by atomic mass is 16.5. The van der Waals surface area contributed by atoms with E-state index < -0.39 is 0 Å². The maximum absolute atomic E-state index is 11.8. The molecule has 1 atom stereocenters. The van der Waals surface area contributed by atoms with Gasteiger partial charge in [0, 0.05) is 19.7 Å². The molecule has 0 spiro atoms. The Morgan fingerprint density at radius 2 is 2.42 bits per heavy atom. The molecule has 0 bridgehead atoms. The third kappa shape index (κ3) is 4.03. The summed E-state index contributed by atoms with van der Waals surface area (Å²) in [5.74, 6) is 0.397. The number of hydrogen-bond acceptors (Lipinski definition) is 5. The van der Waals surface area contributed by atoms with E-state index in [1.54, 1.807) is 18.2 Å². The number of nitrogens with zero attached hydrogens (tertiary/aromatic N) is 2. The van der Waals surface area contributed by atoms with Gasteiger partial charge in [-0.25, -0.2) is 0 Å². The fraction of sp³-hybridized carbons (Fsp3) is 0.462. The average Bonchev–Trinajstić information content (AvgIpc) is 2.96. The molecule has 1 aliphatic rings. The van der Waals surface area contributed by atoms with Gasteiger partial charge < -0.3 is 15.4 Å². The molecule has 1 aromatic heterocycles. The molecule has 0 aromatic carbocycles. The maximum Gasteiger partial charge on any atom is 0.271 e. The van der Waals surface area contributed by atoms with Crippen LogP contribution >= 0.6 is 0 Å². The van der Waals surface area contributed by atoms with Crippen LogP contribution in [-0.4, -0.2) is 41.9 Å². The van der Waals surface area contributed by atoms with Gasteiger partial charge in [-0.05, 0) is 25.0 Å². The molecule has 2 rings (SSSR count). The van der Waals surface area contributed by atoms with Gasteiger partial charge in [-0.2, -0.15) is 0 Å². The normalized spacial score (nSPS) is 18.0. The van der Waals surface area contributed by atoms with Gasteiger partial charge in [-0.3, -0.25) is 4.79 Å². The Labute approximate surface area is 112 Å². The van der Waals surface area contributed by atoms with E-state index in [2.05, 4.69) is 27.4 Å². The van der Waals surface area contributed by atoms with E-state index in [0.717, 1.165) is 19.4 Å². The van der Waals surface area contributed by atoms with Gasteiger partial charge in [-0.15, -0.1) is 16.8 Å². The molecule has 2 N–H and O–H groups in total. The minimum Gasteiger partial charge on any atom is -0.376 e. The molecule has 19 heavy (non-hydrogen) atoms. The zero-order valence-corrected chi connectivity index (χ0v) is 10.8. The number of amides is 1. The zero-order valence-electron chi connectivity index (χ0n) is 10.8. The minimum absolute atomic E-state index is 0.130. The van der Waals surface area contributed by atoms with E-state index in [4.69, 9.17) is 4.74 Å². The van der Waals surface area contributed by atoms with Crippen LogP contribution in [0.2, 0.25) is 0 Å². The van der Waals surface area contributed by atoms with Crippen LogP contribution in [0.3, 0.4) is 0 Å². The van der Waals surface area contributed by atoms with Crippen molar-refractivity contribution in [3.63, 3.8) is 0 Å². The molecule has 1 aromatic rings. The van der Waals surface area contributed by atoms with Crippen LogP contribution in [0.25, 0.3) is 0 Å². The second-order valence-electron chi connectivity index (χ2n) is 4.32. The Balaban J connectivity index is 1.82. The van der Waals surface area contributed by atoms with Crippen LogP contribution in [0.4, 0.5) is 5.82 Å². The van der Waals surface area contributed by atoms with Crippen LogP contribution < -0.4 is 10.6 Å². The highest BCUT2D eigenvalue weighted by molar-refractivity contribution is 5.92. The number of rotatable bonds is 6. The van der Waals surface area contributed by atoms with Crippen molar-refractivity contribution in [3.05, 3.63) is 30.5 Å². The summed E-state index contributed by atoms with van der Waals surface area (Å²) in [5, 5.41) is 13.6. The summed E-state index contributed by atoms with van der Waals surface area (Å²) in [6.45, 7) is 5.51. The van der Waals surface area contributed by atoms with Gasteiger partial charge in [0.1, 0.15) is 5.82 Å². The highest BCUT2D eigenvalue weighted by Crippen LogP contribution is 2.10. The van der Waals surface area contributed by atoms with Crippen LogP contribution in [0.5, 0.6) is 0 Å². The minimum atomic E-state index is -0.224. The summed E-state index contributed by atoms with van der Waals surface area (Å²) in [6, 6.07) is 3.36. The predicted octanol–water partition coefficient (Wildman–Crippen LogP) is 0.983. The summed E-state index contributed by atoms with van der Waals surface area (Å²) < 4.78 is 5.43. The molecule has 6 heteroatoms. The number of carbonyl (C=O) groups excluding carboxylic acids is 1. The summed E-state index contributed by atoms with van der Waals surface area (Å²) in [4.78, 5) is 11.8. The monoisotopic (exact) mass is 262 g/mol. The molecule has 6 nitrogen and oxygen atoms in total. The number of nitrogens with one attached hydrogen (secondary N) is 2. The van der Waals surface area contributed by atoms with Crippen molar-refractivity contribution < 1.29 is 9.53 Å². The van der Waals surface area contributed by atoms with E-state index in [1.807, 2.05) is 0 Å². The first-order valence-corrected chi connectivity index (χ1v) is 6.38. The van der Waals surface area contributed by atoms with Crippen molar-refractivity contribution in [2.45, 2.75) is 18.9 Å². The van der Waals surface area contributed by atoms with Crippen molar-refractivity contribution in [1.82, 2.24) is 15.5 Å². The van der Waals surface area contributed by atoms with E-state index in [9.17, 15) is 4.79 Å². The van der Waals surface area contributed by atoms with E-state index in [0.29, 0.717) is 24.6 Å². The molecule has 1 amide bonds. The van der Waals surface area contributed by atoms with Gasteiger partial charge in [0.05, 0.1) is 6.10 Å². The number of hydrogen-bond donors (Lipinski definition) is 2. The van der Waals surface area contributed by atoms with E-state index in [-0.39, 0.29) is 12.0 Å². The second-order valence-corrected chi connectivity index (χ2v) is 4.32. The Kier molecular flexibility index (Phi) is 4.85. The van der Waals surface area contributed by atoms with Crippen molar-refractivity contribution >= 4 is 11.7 Å². The number of ether oxygens (including phenoxy) is 1. The van der Waals surface area contributed by atoms with Gasteiger partial charge in [0.25, 0.3) is 5.91 Å². The number of aromatic nitrogens is 2. The Morgan fingerprint density at radius 3 is 3.05 bits per heavy atom. The molecular weight excluding hydrogens is 244 g/mol. The van der Waals surface area contributed by atoms with E-state index >= 15 is 0 Å². The van der Waals surface area contributed by atoms with Crippen molar-refractivity contribution in [2.24, 2.45) is 0 Å². The van der Waals surface area contributed by atoms with Crippen molar-refractivity contribution in [1.29, 1.82) is 0 Å². The Hall–Kier alpha value is -1.95. The standard InChI is InChI=1S/C13H18N4O2/c1-2-7-14-12-6-5-11(16-17-12)13(18)15-9-10-4-3-8-19-10/h2,5-6,10H,1,3-4,7-9H2,(H,14,17)(H,15,18).